The van der Waals surface area contributed by atoms with Crippen molar-refractivity contribution in [1.82, 2.24) is 24.7 Å². The van der Waals surface area contributed by atoms with Crippen molar-refractivity contribution in [1.29, 1.82) is 0 Å². The second-order valence-electron chi connectivity index (χ2n) is 4.95. The Morgan fingerprint density at radius 1 is 1.09 bits per heavy atom. The van der Waals surface area contributed by atoms with Gasteiger partial charge in [0.25, 0.3) is 11.4 Å². The Hall–Kier alpha value is -3.35. The highest BCUT2D eigenvalue weighted by molar-refractivity contribution is 5.77. The van der Waals surface area contributed by atoms with Crippen LogP contribution in [0, 0.1) is 6.92 Å². The summed E-state index contributed by atoms with van der Waals surface area (Å²) in [7, 11) is 0. The number of aryl methyl sites for hydroxylation is 1. The minimum absolute atomic E-state index is 0.0876. The average Bonchev–Trinajstić information content (AvgIpc) is 3.05. The third-order valence-corrected chi connectivity index (χ3v) is 3.46. The summed E-state index contributed by atoms with van der Waals surface area (Å²) in [6, 6.07) is 10.8. The summed E-state index contributed by atoms with van der Waals surface area (Å²) in [5.41, 5.74) is 1.08. The van der Waals surface area contributed by atoms with Gasteiger partial charge in [-0.3, -0.25) is 9.78 Å². The van der Waals surface area contributed by atoms with E-state index in [2.05, 4.69) is 20.2 Å². The lowest BCUT2D eigenvalue weighted by atomic mass is 10.2. The quantitative estimate of drug-likeness (QED) is 0.564. The molecule has 4 aromatic rings. The van der Waals surface area contributed by atoms with E-state index in [0.29, 0.717) is 28.2 Å². The maximum atomic E-state index is 12.7. The minimum Gasteiger partial charge on any atom is -0.403 e. The standard InChI is InChI=1S/C16H11N5O2/c1-10-18-13-7-3-2-6-12(13)15(22)21(10)16-20-19-14(23-16)11-5-4-8-17-9-11/h2-9H,1H3. The zero-order valence-corrected chi connectivity index (χ0v) is 12.2. The van der Waals surface area contributed by atoms with Gasteiger partial charge in [-0.05, 0) is 31.2 Å². The highest BCUT2D eigenvalue weighted by atomic mass is 16.4. The molecule has 1 aromatic carbocycles. The Balaban J connectivity index is 1.90. The highest BCUT2D eigenvalue weighted by Gasteiger charge is 2.16. The van der Waals surface area contributed by atoms with Crippen LogP contribution in [0.3, 0.4) is 0 Å². The first-order valence-electron chi connectivity index (χ1n) is 6.97. The molecule has 7 heteroatoms. The van der Waals surface area contributed by atoms with Gasteiger partial charge in [0.05, 0.1) is 16.5 Å². The molecule has 0 N–H and O–H groups in total. The van der Waals surface area contributed by atoms with Gasteiger partial charge in [0.15, 0.2) is 0 Å². The number of rotatable bonds is 2. The van der Waals surface area contributed by atoms with Crippen LogP contribution in [0.15, 0.2) is 58.0 Å². The first-order valence-corrected chi connectivity index (χ1v) is 6.97. The summed E-state index contributed by atoms with van der Waals surface area (Å²) >= 11 is 0. The third kappa shape index (κ3) is 2.18. The fourth-order valence-electron chi connectivity index (χ4n) is 2.38. The van der Waals surface area contributed by atoms with Crippen molar-refractivity contribution in [3.05, 3.63) is 65.0 Å². The van der Waals surface area contributed by atoms with Crippen LogP contribution in [0.25, 0.3) is 28.4 Å². The molecule has 0 radical (unpaired) electrons. The molecule has 3 heterocycles. The molecular formula is C16H11N5O2. The lowest BCUT2D eigenvalue weighted by Gasteiger charge is -2.05. The van der Waals surface area contributed by atoms with Crippen LogP contribution in [0.1, 0.15) is 5.82 Å². The summed E-state index contributed by atoms with van der Waals surface area (Å²) in [6.45, 7) is 1.72. The molecule has 112 valence electrons. The van der Waals surface area contributed by atoms with E-state index >= 15 is 0 Å². The minimum atomic E-state index is -0.241. The zero-order valence-electron chi connectivity index (χ0n) is 12.2. The summed E-state index contributed by atoms with van der Waals surface area (Å²) in [4.78, 5) is 21.1. The van der Waals surface area contributed by atoms with Crippen LogP contribution in [0.2, 0.25) is 0 Å². The van der Waals surface area contributed by atoms with Gasteiger partial charge in [-0.2, -0.15) is 0 Å². The first kappa shape index (κ1) is 13.3. The number of aromatic nitrogens is 5. The topological polar surface area (TPSA) is 86.7 Å². The third-order valence-electron chi connectivity index (χ3n) is 3.46. The Kier molecular flexibility index (Phi) is 2.97. The molecule has 3 aromatic heterocycles. The van der Waals surface area contributed by atoms with Crippen molar-refractivity contribution in [3.63, 3.8) is 0 Å². The molecule has 0 aliphatic heterocycles. The van der Waals surface area contributed by atoms with Crippen LogP contribution < -0.4 is 5.56 Å². The number of pyridine rings is 1. The lowest BCUT2D eigenvalue weighted by Crippen LogP contribution is -2.22. The van der Waals surface area contributed by atoms with Gasteiger partial charge < -0.3 is 4.42 Å². The van der Waals surface area contributed by atoms with Gasteiger partial charge in [-0.25, -0.2) is 9.55 Å². The molecule has 0 saturated carbocycles. The maximum Gasteiger partial charge on any atom is 0.331 e. The molecule has 0 saturated heterocycles. The Labute approximate surface area is 130 Å². The first-order chi connectivity index (χ1) is 11.2. The molecule has 4 rings (SSSR count). The number of nitrogens with zero attached hydrogens (tertiary/aromatic N) is 5. The molecule has 0 spiro atoms. The predicted molar refractivity (Wildman–Crippen MR) is 83.2 cm³/mol. The van der Waals surface area contributed by atoms with Gasteiger partial charge >= 0.3 is 6.01 Å². The summed E-state index contributed by atoms with van der Waals surface area (Å²) in [5, 5.41) is 8.45. The van der Waals surface area contributed by atoms with E-state index in [1.54, 1.807) is 49.6 Å². The number of hydrogen-bond donors (Lipinski definition) is 0. The second-order valence-corrected chi connectivity index (χ2v) is 4.95. The Bertz CT molecular complexity index is 1050. The molecular weight excluding hydrogens is 294 g/mol. The van der Waals surface area contributed by atoms with Crippen molar-refractivity contribution in [3.8, 4) is 17.5 Å². The van der Waals surface area contributed by atoms with Gasteiger partial charge in [0, 0.05) is 12.4 Å². The van der Waals surface area contributed by atoms with Crippen LogP contribution >= 0.6 is 0 Å². The predicted octanol–water partition coefficient (Wildman–Crippen LogP) is 2.14. The molecule has 0 aliphatic carbocycles. The second kappa shape index (κ2) is 5.13. The summed E-state index contributed by atoms with van der Waals surface area (Å²) in [5.74, 6) is 0.780. The van der Waals surface area contributed by atoms with Crippen molar-refractivity contribution < 1.29 is 4.42 Å². The van der Waals surface area contributed by atoms with Crippen molar-refractivity contribution >= 4 is 10.9 Å². The summed E-state index contributed by atoms with van der Waals surface area (Å²) < 4.78 is 6.94. The fraction of sp³-hybridized carbons (Fsp3) is 0.0625. The Morgan fingerprint density at radius 3 is 2.78 bits per heavy atom. The van der Waals surface area contributed by atoms with Gasteiger partial charge in [-0.15, -0.1) is 5.10 Å². The molecule has 23 heavy (non-hydrogen) atoms. The van der Waals surface area contributed by atoms with Crippen molar-refractivity contribution in [2.45, 2.75) is 6.92 Å². The zero-order chi connectivity index (χ0) is 15.8. The maximum absolute atomic E-state index is 12.7. The molecule has 0 aliphatic rings. The number of hydrogen-bond acceptors (Lipinski definition) is 6. The van der Waals surface area contributed by atoms with Gasteiger partial charge in [-0.1, -0.05) is 17.2 Å². The monoisotopic (exact) mass is 305 g/mol. The Morgan fingerprint density at radius 2 is 1.96 bits per heavy atom. The number of benzene rings is 1. The van der Waals surface area contributed by atoms with E-state index in [1.807, 2.05) is 6.07 Å². The highest BCUT2D eigenvalue weighted by Crippen LogP contribution is 2.18. The average molecular weight is 305 g/mol. The van der Waals surface area contributed by atoms with Crippen LogP contribution in [-0.4, -0.2) is 24.7 Å². The SMILES string of the molecule is Cc1nc2ccccc2c(=O)n1-c1nnc(-c2cccnc2)o1. The van der Waals surface area contributed by atoms with Crippen LogP contribution in [-0.2, 0) is 0 Å². The normalized spacial score (nSPS) is 11.0. The van der Waals surface area contributed by atoms with E-state index in [9.17, 15) is 4.79 Å². The fourth-order valence-corrected chi connectivity index (χ4v) is 2.38. The van der Waals surface area contributed by atoms with Crippen molar-refractivity contribution in [2.75, 3.05) is 0 Å². The van der Waals surface area contributed by atoms with E-state index in [1.165, 1.54) is 4.57 Å². The van der Waals surface area contributed by atoms with E-state index < -0.39 is 0 Å². The van der Waals surface area contributed by atoms with Crippen molar-refractivity contribution in [2.24, 2.45) is 0 Å². The molecule has 0 unspecified atom stereocenters. The van der Waals surface area contributed by atoms with Crippen LogP contribution in [0.5, 0.6) is 0 Å². The molecule has 0 atom stereocenters. The number of fused-ring (bicyclic) bond motifs is 1. The van der Waals surface area contributed by atoms with E-state index in [4.69, 9.17) is 4.42 Å². The molecule has 0 fully saturated rings. The van der Waals surface area contributed by atoms with E-state index in [-0.39, 0.29) is 11.6 Å². The number of para-hydroxylation sites is 1. The van der Waals surface area contributed by atoms with Gasteiger partial charge in [0.1, 0.15) is 5.82 Å². The summed E-state index contributed by atoms with van der Waals surface area (Å²) in [6.07, 6.45) is 3.27. The lowest BCUT2D eigenvalue weighted by molar-refractivity contribution is 0.527. The molecule has 7 nitrogen and oxygen atoms in total. The molecule has 0 bridgehead atoms. The largest absolute Gasteiger partial charge is 0.403 e. The molecule has 0 amide bonds. The van der Waals surface area contributed by atoms with Gasteiger partial charge in [0.2, 0.25) is 0 Å². The van der Waals surface area contributed by atoms with E-state index in [0.717, 1.165) is 0 Å². The van der Waals surface area contributed by atoms with Crippen LogP contribution in [0.4, 0.5) is 0 Å². The smallest absolute Gasteiger partial charge is 0.331 e.